The summed E-state index contributed by atoms with van der Waals surface area (Å²) in [6, 6.07) is 3.13. The van der Waals surface area contributed by atoms with Gasteiger partial charge >= 0.3 is 5.97 Å². The first-order valence-electron chi connectivity index (χ1n) is 6.09. The Labute approximate surface area is 109 Å². The zero-order valence-corrected chi connectivity index (χ0v) is 10.7. The highest BCUT2D eigenvalue weighted by Crippen LogP contribution is 2.26. The Morgan fingerprint density at radius 1 is 1.53 bits per heavy atom. The summed E-state index contributed by atoms with van der Waals surface area (Å²) in [5, 5.41) is 8.38. The molecule has 1 aromatic carbocycles. The van der Waals surface area contributed by atoms with E-state index in [1.807, 2.05) is 11.6 Å². The molecule has 0 saturated carbocycles. The van der Waals surface area contributed by atoms with Gasteiger partial charge in [0.05, 0.1) is 29.9 Å². The Kier molecular flexibility index (Phi) is 2.74. The van der Waals surface area contributed by atoms with E-state index >= 15 is 0 Å². The van der Waals surface area contributed by atoms with Crippen molar-refractivity contribution in [2.75, 3.05) is 20.2 Å². The van der Waals surface area contributed by atoms with E-state index < -0.39 is 11.8 Å². The van der Waals surface area contributed by atoms with Crippen LogP contribution in [0.15, 0.2) is 12.1 Å². The maximum atomic E-state index is 14.0. The fraction of sp³-hybridized carbons (Fsp3) is 0.385. The molecule has 3 rings (SSSR count). The highest BCUT2D eigenvalue weighted by molar-refractivity contribution is 5.95. The highest BCUT2D eigenvalue weighted by Gasteiger charge is 2.24. The minimum absolute atomic E-state index is 0.0515. The molecule has 19 heavy (non-hydrogen) atoms. The van der Waals surface area contributed by atoms with Crippen molar-refractivity contribution in [3.63, 3.8) is 0 Å². The van der Waals surface area contributed by atoms with Crippen LogP contribution in [0, 0.1) is 12.7 Å². The Morgan fingerprint density at radius 3 is 2.84 bits per heavy atom. The van der Waals surface area contributed by atoms with Gasteiger partial charge in [0.15, 0.2) is 0 Å². The number of ether oxygens (including phenoxy) is 1. The first-order chi connectivity index (χ1) is 9.11. The van der Waals surface area contributed by atoms with E-state index in [1.54, 1.807) is 0 Å². The van der Waals surface area contributed by atoms with Crippen LogP contribution in [0.25, 0.3) is 10.9 Å². The number of hydrogen-bond donors (Lipinski definition) is 1. The summed E-state index contributed by atoms with van der Waals surface area (Å²) in [5.41, 5.74) is 1.45. The summed E-state index contributed by atoms with van der Waals surface area (Å²) in [6.07, 6.45) is 0. The van der Waals surface area contributed by atoms with E-state index in [0.29, 0.717) is 5.52 Å². The van der Waals surface area contributed by atoms with E-state index in [1.165, 1.54) is 19.2 Å². The summed E-state index contributed by atoms with van der Waals surface area (Å²) >= 11 is 0. The number of carbonyl (C=O) groups excluding carboxylic acids is 1. The molecule has 2 heterocycles. The van der Waals surface area contributed by atoms with Gasteiger partial charge in [0.2, 0.25) is 0 Å². The molecule has 1 aromatic heterocycles. The number of hydrogen-bond acceptors (Lipinski definition) is 4. The minimum atomic E-state index is -0.670. The minimum Gasteiger partial charge on any atom is -0.465 e. The second-order valence-electron chi connectivity index (χ2n) is 4.68. The number of fused-ring (bicyclic) bond motifs is 1. The van der Waals surface area contributed by atoms with E-state index in [2.05, 4.69) is 15.2 Å². The first kappa shape index (κ1) is 12.1. The van der Waals surface area contributed by atoms with Crippen molar-refractivity contribution >= 4 is 16.9 Å². The van der Waals surface area contributed by atoms with Crippen molar-refractivity contribution in [2.45, 2.75) is 13.0 Å². The average molecular weight is 263 g/mol. The molecule has 1 aliphatic rings. The van der Waals surface area contributed by atoms with Crippen LogP contribution in [0.5, 0.6) is 0 Å². The van der Waals surface area contributed by atoms with Gasteiger partial charge in [-0.2, -0.15) is 5.10 Å². The van der Waals surface area contributed by atoms with Crippen molar-refractivity contribution in [1.82, 2.24) is 15.1 Å². The molecule has 5 nitrogen and oxygen atoms in total. The van der Waals surface area contributed by atoms with Gasteiger partial charge in [0.1, 0.15) is 5.82 Å². The lowest BCUT2D eigenvalue weighted by Crippen LogP contribution is -2.43. The van der Waals surface area contributed by atoms with E-state index in [4.69, 9.17) is 0 Å². The molecule has 0 unspecified atom stereocenters. The van der Waals surface area contributed by atoms with Crippen LogP contribution >= 0.6 is 0 Å². The molecule has 1 fully saturated rings. The van der Waals surface area contributed by atoms with Gasteiger partial charge < -0.3 is 10.1 Å². The Balaban J connectivity index is 2.19. The molecule has 1 N–H and O–H groups in total. The second kappa shape index (κ2) is 4.31. The predicted molar refractivity (Wildman–Crippen MR) is 67.7 cm³/mol. The third kappa shape index (κ3) is 1.79. The molecule has 0 radical (unpaired) electrons. The number of aryl methyl sites for hydroxylation is 1. The molecule has 1 aliphatic heterocycles. The van der Waals surface area contributed by atoms with Crippen molar-refractivity contribution in [2.24, 2.45) is 0 Å². The van der Waals surface area contributed by atoms with Crippen molar-refractivity contribution in [1.29, 1.82) is 0 Å². The number of aromatic nitrogens is 2. The van der Waals surface area contributed by atoms with Crippen LogP contribution in [0.4, 0.5) is 4.39 Å². The van der Waals surface area contributed by atoms with E-state index in [-0.39, 0.29) is 11.6 Å². The topological polar surface area (TPSA) is 56.1 Å². The Bertz CT molecular complexity index is 661. The van der Waals surface area contributed by atoms with Gasteiger partial charge in [0, 0.05) is 24.5 Å². The Morgan fingerprint density at radius 2 is 2.26 bits per heavy atom. The molecule has 0 spiro atoms. The predicted octanol–water partition coefficient (Wildman–Crippen LogP) is 1.41. The number of rotatable bonds is 2. The van der Waals surface area contributed by atoms with Crippen LogP contribution < -0.4 is 5.32 Å². The van der Waals surface area contributed by atoms with Crippen LogP contribution in [0.3, 0.4) is 0 Å². The number of nitrogens with one attached hydrogen (secondary N) is 1. The summed E-state index contributed by atoms with van der Waals surface area (Å²) in [5.74, 6) is -1.25. The molecule has 6 heteroatoms. The summed E-state index contributed by atoms with van der Waals surface area (Å²) in [6.45, 7) is 3.51. The van der Waals surface area contributed by atoms with Crippen LogP contribution in [0.2, 0.25) is 0 Å². The lowest BCUT2D eigenvalue weighted by Gasteiger charge is -2.28. The molecule has 2 aromatic rings. The quantitative estimate of drug-likeness (QED) is 0.832. The first-order valence-corrected chi connectivity index (χ1v) is 6.09. The zero-order chi connectivity index (χ0) is 13.6. The number of nitrogens with zero attached hydrogens (tertiary/aromatic N) is 2. The number of methoxy groups -OCH3 is 1. The average Bonchev–Trinajstić information content (AvgIpc) is 2.62. The van der Waals surface area contributed by atoms with E-state index in [9.17, 15) is 9.18 Å². The fourth-order valence-corrected chi connectivity index (χ4v) is 2.30. The molecule has 1 saturated heterocycles. The van der Waals surface area contributed by atoms with Crippen LogP contribution in [0.1, 0.15) is 22.1 Å². The third-order valence-electron chi connectivity index (χ3n) is 3.49. The summed E-state index contributed by atoms with van der Waals surface area (Å²) in [4.78, 5) is 11.5. The van der Waals surface area contributed by atoms with Crippen LogP contribution in [-0.2, 0) is 4.74 Å². The smallest absolute Gasteiger partial charge is 0.340 e. The standard InChI is InChI=1S/C13H14FN3O2/c1-7-9-3-10(13(18)19-2)11(14)4-12(9)17(16-7)8-5-15-6-8/h3-4,8,15H,5-6H2,1-2H3. The SMILES string of the molecule is COC(=O)c1cc2c(C)nn(C3CNC3)c2cc1F. The van der Waals surface area contributed by atoms with Gasteiger partial charge in [-0.3, -0.25) is 4.68 Å². The van der Waals surface area contributed by atoms with Gasteiger partial charge in [-0.05, 0) is 13.0 Å². The van der Waals surface area contributed by atoms with Gasteiger partial charge in [0.25, 0.3) is 0 Å². The monoisotopic (exact) mass is 263 g/mol. The number of carbonyl (C=O) groups is 1. The molecular formula is C13H14FN3O2. The maximum Gasteiger partial charge on any atom is 0.340 e. The zero-order valence-electron chi connectivity index (χ0n) is 10.7. The van der Waals surface area contributed by atoms with Crippen molar-refractivity contribution < 1.29 is 13.9 Å². The van der Waals surface area contributed by atoms with Gasteiger partial charge in [-0.25, -0.2) is 9.18 Å². The summed E-state index contributed by atoms with van der Waals surface area (Å²) in [7, 11) is 1.24. The molecule has 100 valence electrons. The fourth-order valence-electron chi connectivity index (χ4n) is 2.30. The second-order valence-corrected chi connectivity index (χ2v) is 4.68. The number of halogens is 1. The summed E-state index contributed by atoms with van der Waals surface area (Å²) < 4.78 is 20.4. The maximum absolute atomic E-state index is 14.0. The van der Waals surface area contributed by atoms with E-state index in [0.717, 1.165) is 24.2 Å². The number of benzene rings is 1. The van der Waals surface area contributed by atoms with Gasteiger partial charge in [-0.1, -0.05) is 0 Å². The molecule has 0 atom stereocenters. The normalized spacial score (nSPS) is 15.5. The largest absolute Gasteiger partial charge is 0.465 e. The molecule has 0 amide bonds. The molecule has 0 bridgehead atoms. The van der Waals surface area contributed by atoms with Crippen LogP contribution in [-0.4, -0.2) is 35.9 Å². The van der Waals surface area contributed by atoms with Crippen molar-refractivity contribution in [3.8, 4) is 0 Å². The molecular weight excluding hydrogens is 249 g/mol. The van der Waals surface area contributed by atoms with Gasteiger partial charge in [-0.15, -0.1) is 0 Å². The number of esters is 1. The Hall–Kier alpha value is -1.95. The molecule has 0 aliphatic carbocycles. The highest BCUT2D eigenvalue weighted by atomic mass is 19.1. The van der Waals surface area contributed by atoms with Crippen molar-refractivity contribution in [3.05, 3.63) is 29.2 Å². The lowest BCUT2D eigenvalue weighted by molar-refractivity contribution is 0.0595. The lowest BCUT2D eigenvalue weighted by atomic mass is 10.1. The third-order valence-corrected chi connectivity index (χ3v) is 3.49.